The lowest BCUT2D eigenvalue weighted by atomic mass is 9.47. The van der Waals surface area contributed by atoms with E-state index in [1.165, 1.54) is 32.1 Å². The zero-order chi connectivity index (χ0) is 21.7. The summed E-state index contributed by atoms with van der Waals surface area (Å²) in [6.45, 7) is 9.41. The van der Waals surface area contributed by atoms with Crippen molar-refractivity contribution in [3.8, 4) is 0 Å². The number of carbonyl (C=O) groups is 1. The summed E-state index contributed by atoms with van der Waals surface area (Å²) < 4.78 is 0. The van der Waals surface area contributed by atoms with Gasteiger partial charge in [-0.3, -0.25) is 4.79 Å². The highest BCUT2D eigenvalue weighted by Gasteiger charge is 2.59. The van der Waals surface area contributed by atoms with Gasteiger partial charge in [-0.25, -0.2) is 0 Å². The summed E-state index contributed by atoms with van der Waals surface area (Å²) in [6.07, 6.45) is 13.0. The molecule has 0 saturated heterocycles. The Morgan fingerprint density at radius 1 is 1.13 bits per heavy atom. The quantitative estimate of drug-likeness (QED) is 0.559. The van der Waals surface area contributed by atoms with Gasteiger partial charge in [0.25, 0.3) is 0 Å². The molecule has 3 heteroatoms. The van der Waals surface area contributed by atoms with Gasteiger partial charge in [0.15, 0.2) is 0 Å². The fraction of sp³-hybridized carbons (Fsp3) is 0.889. The van der Waals surface area contributed by atoms with Crippen molar-refractivity contribution in [1.29, 1.82) is 0 Å². The molecule has 4 aliphatic rings. The third kappa shape index (κ3) is 3.62. The molecule has 4 aliphatic carbocycles. The number of allylic oxidation sites excluding steroid dienone is 1. The molecule has 3 fully saturated rings. The standard InChI is InChI=1S/C27H44O3/c1-17(16-28)5-10-25(30)18(2)22-8-9-23-21-7-6-19-15-20(29)11-13-26(19,3)24(21)12-14-27(22,23)4/h6,17-18,20-24,28-29H,5,7-16H2,1-4H3/t17?,18-,20?,21-,22+,23-,24-,26-,27+/m0/s1. The summed E-state index contributed by atoms with van der Waals surface area (Å²) >= 11 is 0. The van der Waals surface area contributed by atoms with Crippen molar-refractivity contribution in [3.05, 3.63) is 11.6 Å². The molecule has 9 atom stereocenters. The largest absolute Gasteiger partial charge is 0.396 e. The van der Waals surface area contributed by atoms with Gasteiger partial charge in [-0.1, -0.05) is 39.3 Å². The molecule has 2 N–H and O–H groups in total. The zero-order valence-electron chi connectivity index (χ0n) is 19.7. The van der Waals surface area contributed by atoms with E-state index in [2.05, 4.69) is 26.8 Å². The highest BCUT2D eigenvalue weighted by atomic mass is 16.3. The third-order valence-corrected chi connectivity index (χ3v) is 10.5. The maximum Gasteiger partial charge on any atom is 0.136 e. The Labute approximate surface area is 183 Å². The van der Waals surface area contributed by atoms with Gasteiger partial charge in [0.2, 0.25) is 0 Å². The lowest BCUT2D eigenvalue weighted by molar-refractivity contribution is -0.127. The number of Topliss-reactive ketones (excluding diaryl/α,β-unsaturated/α-hetero) is 1. The van der Waals surface area contributed by atoms with Crippen LogP contribution in [-0.4, -0.2) is 28.7 Å². The van der Waals surface area contributed by atoms with Gasteiger partial charge in [0.1, 0.15) is 5.78 Å². The molecule has 0 spiro atoms. The van der Waals surface area contributed by atoms with Crippen molar-refractivity contribution in [2.45, 2.75) is 98.0 Å². The Morgan fingerprint density at radius 3 is 2.63 bits per heavy atom. The number of ketones is 1. The number of hydrogen-bond acceptors (Lipinski definition) is 3. The fourth-order valence-corrected chi connectivity index (χ4v) is 8.44. The second-order valence-corrected chi connectivity index (χ2v) is 12.0. The van der Waals surface area contributed by atoms with E-state index in [1.807, 2.05) is 6.92 Å². The summed E-state index contributed by atoms with van der Waals surface area (Å²) in [5.41, 5.74) is 2.14. The maximum atomic E-state index is 13.0. The lowest BCUT2D eigenvalue weighted by Crippen LogP contribution is -2.51. The Morgan fingerprint density at radius 2 is 1.90 bits per heavy atom. The average Bonchev–Trinajstić information content (AvgIpc) is 3.08. The molecule has 4 rings (SSSR count). The molecule has 3 saturated carbocycles. The topological polar surface area (TPSA) is 57.5 Å². The van der Waals surface area contributed by atoms with E-state index in [4.69, 9.17) is 0 Å². The van der Waals surface area contributed by atoms with E-state index in [-0.39, 0.29) is 24.5 Å². The van der Waals surface area contributed by atoms with E-state index < -0.39 is 0 Å². The molecule has 0 aromatic heterocycles. The predicted molar refractivity (Wildman–Crippen MR) is 121 cm³/mol. The van der Waals surface area contributed by atoms with Crippen LogP contribution in [0.2, 0.25) is 0 Å². The van der Waals surface area contributed by atoms with Crippen LogP contribution in [0.5, 0.6) is 0 Å². The molecular formula is C27H44O3. The van der Waals surface area contributed by atoms with Crippen LogP contribution in [-0.2, 0) is 4.79 Å². The summed E-state index contributed by atoms with van der Waals surface area (Å²) in [6, 6.07) is 0. The minimum atomic E-state index is -0.133. The van der Waals surface area contributed by atoms with Crippen LogP contribution < -0.4 is 0 Å². The minimum Gasteiger partial charge on any atom is -0.396 e. The number of aliphatic hydroxyl groups is 2. The Hall–Kier alpha value is -0.670. The van der Waals surface area contributed by atoms with E-state index in [0.29, 0.717) is 29.0 Å². The van der Waals surface area contributed by atoms with Crippen LogP contribution in [0.15, 0.2) is 11.6 Å². The number of fused-ring (bicyclic) bond motifs is 5. The lowest BCUT2D eigenvalue weighted by Gasteiger charge is -2.58. The van der Waals surface area contributed by atoms with Crippen LogP contribution >= 0.6 is 0 Å². The van der Waals surface area contributed by atoms with Crippen LogP contribution in [0.4, 0.5) is 0 Å². The first-order valence-corrected chi connectivity index (χ1v) is 12.7. The Balaban J connectivity index is 1.49. The monoisotopic (exact) mass is 416 g/mol. The molecule has 170 valence electrons. The van der Waals surface area contributed by atoms with Gasteiger partial charge in [0, 0.05) is 18.9 Å². The van der Waals surface area contributed by atoms with Crippen molar-refractivity contribution < 1.29 is 15.0 Å². The number of hydrogen-bond donors (Lipinski definition) is 2. The number of aliphatic hydroxyl groups excluding tert-OH is 2. The summed E-state index contributed by atoms with van der Waals surface area (Å²) in [4.78, 5) is 13.0. The molecule has 0 radical (unpaired) electrons. The highest BCUT2D eigenvalue weighted by molar-refractivity contribution is 5.81. The number of carbonyl (C=O) groups excluding carboxylic acids is 1. The van der Waals surface area contributed by atoms with Crippen molar-refractivity contribution in [3.63, 3.8) is 0 Å². The molecule has 0 aromatic rings. The molecule has 0 aliphatic heterocycles. The van der Waals surface area contributed by atoms with Gasteiger partial charge in [-0.2, -0.15) is 0 Å². The molecule has 0 aromatic carbocycles. The van der Waals surface area contributed by atoms with Crippen molar-refractivity contribution in [1.82, 2.24) is 0 Å². The molecule has 3 nitrogen and oxygen atoms in total. The van der Waals surface area contributed by atoms with Gasteiger partial charge in [-0.05, 0) is 98.2 Å². The van der Waals surface area contributed by atoms with Crippen molar-refractivity contribution >= 4 is 5.78 Å². The highest BCUT2D eigenvalue weighted by Crippen LogP contribution is 2.67. The first-order chi connectivity index (χ1) is 14.2. The van der Waals surface area contributed by atoms with Crippen LogP contribution in [0.1, 0.15) is 91.9 Å². The van der Waals surface area contributed by atoms with Gasteiger partial charge < -0.3 is 10.2 Å². The predicted octanol–water partition coefficient (Wildman–Crippen LogP) is 5.54. The van der Waals surface area contributed by atoms with Gasteiger partial charge in [-0.15, -0.1) is 0 Å². The van der Waals surface area contributed by atoms with E-state index in [1.54, 1.807) is 5.57 Å². The maximum absolute atomic E-state index is 13.0. The Kier molecular flexibility index (Phi) is 6.27. The SMILES string of the molecule is CC(CO)CCC(=O)[C@@H](C)[C@H]1CC[C@H]2[C@@H]3CC=C4CC(O)CC[C@]4(C)[C@H]3CC[C@]12C. The molecule has 0 bridgehead atoms. The molecular weight excluding hydrogens is 372 g/mol. The molecule has 0 amide bonds. The molecule has 0 heterocycles. The normalized spacial score (nSPS) is 45.0. The first kappa shape index (κ1) is 22.5. The second kappa shape index (κ2) is 8.35. The summed E-state index contributed by atoms with van der Waals surface area (Å²) in [5.74, 6) is 3.58. The van der Waals surface area contributed by atoms with E-state index >= 15 is 0 Å². The van der Waals surface area contributed by atoms with Crippen molar-refractivity contribution in [2.75, 3.05) is 6.61 Å². The van der Waals surface area contributed by atoms with Crippen LogP contribution in [0, 0.1) is 46.3 Å². The van der Waals surface area contributed by atoms with Gasteiger partial charge >= 0.3 is 0 Å². The van der Waals surface area contributed by atoms with E-state index in [9.17, 15) is 15.0 Å². The first-order valence-electron chi connectivity index (χ1n) is 12.7. The smallest absolute Gasteiger partial charge is 0.136 e. The van der Waals surface area contributed by atoms with Gasteiger partial charge in [0.05, 0.1) is 6.10 Å². The fourth-order valence-electron chi connectivity index (χ4n) is 8.44. The van der Waals surface area contributed by atoms with Crippen LogP contribution in [0.3, 0.4) is 0 Å². The minimum absolute atomic E-state index is 0.133. The molecule has 2 unspecified atom stereocenters. The summed E-state index contributed by atoms with van der Waals surface area (Å²) in [5, 5.41) is 19.5. The van der Waals surface area contributed by atoms with Crippen LogP contribution in [0.25, 0.3) is 0 Å². The second-order valence-electron chi connectivity index (χ2n) is 12.0. The zero-order valence-corrected chi connectivity index (χ0v) is 19.7. The van der Waals surface area contributed by atoms with E-state index in [0.717, 1.165) is 43.4 Å². The third-order valence-electron chi connectivity index (χ3n) is 10.5. The summed E-state index contributed by atoms with van der Waals surface area (Å²) in [7, 11) is 0. The molecule has 30 heavy (non-hydrogen) atoms. The average molecular weight is 417 g/mol. The number of rotatable bonds is 6. The Bertz CT molecular complexity index is 684. The van der Waals surface area contributed by atoms with Crippen molar-refractivity contribution in [2.24, 2.45) is 46.3 Å².